The summed E-state index contributed by atoms with van der Waals surface area (Å²) in [6.45, 7) is 6.90. The fourth-order valence-electron chi connectivity index (χ4n) is 3.30. The molecule has 0 aromatic heterocycles. The molecule has 1 rings (SSSR count). The molecule has 2 N–H and O–H groups in total. The van der Waals surface area contributed by atoms with E-state index in [9.17, 15) is 0 Å². The van der Waals surface area contributed by atoms with E-state index in [1.54, 1.807) is 0 Å². The molecule has 1 heterocycles. The summed E-state index contributed by atoms with van der Waals surface area (Å²) in [7, 11) is 0. The van der Waals surface area contributed by atoms with Gasteiger partial charge >= 0.3 is 0 Å². The first-order valence-corrected chi connectivity index (χ1v) is 10.1. The monoisotopic (exact) mass is 323 g/mol. The highest BCUT2D eigenvalue weighted by Gasteiger charge is 2.25. The predicted octanol–water partition coefficient (Wildman–Crippen LogP) is 6.04. The Morgan fingerprint density at radius 3 is 1.65 bits per heavy atom. The minimum absolute atomic E-state index is 0.192. The van der Waals surface area contributed by atoms with Crippen molar-refractivity contribution in [1.29, 1.82) is 0 Å². The molecule has 0 atom stereocenters. The highest BCUT2D eigenvalue weighted by molar-refractivity contribution is 4.92. The Bertz CT molecular complexity index is 299. The van der Waals surface area contributed by atoms with E-state index in [0.717, 1.165) is 0 Å². The third kappa shape index (κ3) is 9.91. The Balaban J connectivity index is 1.82. The van der Waals surface area contributed by atoms with Gasteiger partial charge < -0.3 is 5.43 Å². The van der Waals surface area contributed by atoms with Crippen LogP contribution in [0, 0.1) is 0 Å². The molecule has 1 aliphatic rings. The van der Waals surface area contributed by atoms with Crippen LogP contribution in [0.1, 0.15) is 111 Å². The average molecular weight is 324 g/mol. The second-order valence-corrected chi connectivity index (χ2v) is 7.75. The van der Waals surface area contributed by atoms with Crippen molar-refractivity contribution in [3.8, 4) is 0 Å². The molecule has 0 aromatic rings. The topological polar surface area (TPSA) is 27.3 Å². The number of unbranched alkanes of at least 4 members (excludes halogenated alkanes) is 12. The minimum atomic E-state index is 0.192. The zero-order chi connectivity index (χ0) is 16.8. The Labute approximate surface area is 145 Å². The fourth-order valence-corrected chi connectivity index (χ4v) is 3.30. The summed E-state index contributed by atoms with van der Waals surface area (Å²) in [6.07, 6.45) is 23.8. The van der Waals surface area contributed by atoms with Crippen LogP contribution in [0.25, 0.3) is 0 Å². The zero-order valence-electron chi connectivity index (χ0n) is 16.0. The van der Waals surface area contributed by atoms with Crippen LogP contribution in [-0.2, 0) is 0 Å². The van der Waals surface area contributed by atoms with Crippen LogP contribution in [0.15, 0.2) is 12.4 Å². The standard InChI is InChI=1S/C20H41N3/c1-4-5-6-7-8-9-10-11-12-13-14-15-16-17-20(2,3)23-19-18-21-22-23/h18-19,21-22H,4-17H2,1-3H3. The number of nitrogens with one attached hydrogen (secondary N) is 2. The molecule has 3 nitrogen and oxygen atoms in total. The summed E-state index contributed by atoms with van der Waals surface area (Å²) >= 11 is 0. The molecule has 0 saturated heterocycles. The molecule has 0 radical (unpaired) electrons. The average Bonchev–Trinajstić information content (AvgIpc) is 3.07. The van der Waals surface area contributed by atoms with Gasteiger partial charge in [0.05, 0.1) is 5.54 Å². The van der Waals surface area contributed by atoms with Gasteiger partial charge in [-0.3, -0.25) is 5.01 Å². The largest absolute Gasteiger partial charge is 0.310 e. The van der Waals surface area contributed by atoms with Crippen molar-refractivity contribution in [2.24, 2.45) is 0 Å². The first kappa shape index (κ1) is 20.3. The van der Waals surface area contributed by atoms with Crippen LogP contribution < -0.4 is 11.0 Å². The summed E-state index contributed by atoms with van der Waals surface area (Å²) in [4.78, 5) is 0. The number of nitrogens with zero attached hydrogens (tertiary/aromatic N) is 1. The van der Waals surface area contributed by atoms with E-state index in [-0.39, 0.29) is 5.54 Å². The van der Waals surface area contributed by atoms with Crippen molar-refractivity contribution in [2.75, 3.05) is 0 Å². The van der Waals surface area contributed by atoms with Gasteiger partial charge in [-0.05, 0) is 20.3 Å². The molecule has 0 amide bonds. The van der Waals surface area contributed by atoms with Gasteiger partial charge in [-0.25, -0.2) is 0 Å². The van der Waals surface area contributed by atoms with Gasteiger partial charge in [0, 0.05) is 12.4 Å². The lowest BCUT2D eigenvalue weighted by Gasteiger charge is -2.34. The van der Waals surface area contributed by atoms with Crippen molar-refractivity contribution >= 4 is 0 Å². The normalized spacial score (nSPS) is 14.5. The van der Waals surface area contributed by atoms with Crippen molar-refractivity contribution in [3.05, 3.63) is 12.4 Å². The van der Waals surface area contributed by atoms with E-state index >= 15 is 0 Å². The van der Waals surface area contributed by atoms with Crippen LogP contribution in [0.4, 0.5) is 0 Å². The molecule has 3 heteroatoms. The summed E-state index contributed by atoms with van der Waals surface area (Å²) in [6, 6.07) is 0. The van der Waals surface area contributed by atoms with Gasteiger partial charge in [-0.2, -0.15) is 0 Å². The van der Waals surface area contributed by atoms with Crippen molar-refractivity contribution < 1.29 is 0 Å². The van der Waals surface area contributed by atoms with Gasteiger partial charge in [-0.15, -0.1) is 5.53 Å². The number of hydrogen-bond donors (Lipinski definition) is 2. The first-order chi connectivity index (χ1) is 11.2. The fraction of sp³-hybridized carbons (Fsp3) is 0.900. The smallest absolute Gasteiger partial charge is 0.0519 e. The summed E-state index contributed by atoms with van der Waals surface area (Å²) in [5.41, 5.74) is 6.38. The maximum absolute atomic E-state index is 3.17. The third-order valence-corrected chi connectivity index (χ3v) is 5.04. The lowest BCUT2D eigenvalue weighted by molar-refractivity contribution is 0.109. The second-order valence-electron chi connectivity index (χ2n) is 7.75. The van der Waals surface area contributed by atoms with E-state index < -0.39 is 0 Å². The molecule has 0 spiro atoms. The Morgan fingerprint density at radius 1 is 0.739 bits per heavy atom. The van der Waals surface area contributed by atoms with E-state index in [1.807, 2.05) is 6.20 Å². The second kappa shape index (κ2) is 12.7. The summed E-state index contributed by atoms with van der Waals surface area (Å²) < 4.78 is 0. The van der Waals surface area contributed by atoms with Crippen LogP contribution in [0.5, 0.6) is 0 Å². The van der Waals surface area contributed by atoms with Gasteiger partial charge in [0.15, 0.2) is 0 Å². The highest BCUT2D eigenvalue weighted by Crippen LogP contribution is 2.22. The molecule has 136 valence electrons. The first-order valence-electron chi connectivity index (χ1n) is 10.1. The predicted molar refractivity (Wildman–Crippen MR) is 102 cm³/mol. The van der Waals surface area contributed by atoms with E-state index in [0.29, 0.717) is 0 Å². The van der Waals surface area contributed by atoms with Crippen LogP contribution >= 0.6 is 0 Å². The van der Waals surface area contributed by atoms with Gasteiger partial charge in [0.25, 0.3) is 0 Å². The molecule has 1 aliphatic heterocycles. The maximum atomic E-state index is 3.17. The quantitative estimate of drug-likeness (QED) is 0.360. The SMILES string of the molecule is CCCCCCCCCCCCCCCC(C)(C)N1C=CNN1. The molecular weight excluding hydrogens is 282 g/mol. The molecule has 0 bridgehead atoms. The number of rotatable bonds is 15. The number of hydrazine groups is 2. The highest BCUT2D eigenvalue weighted by atomic mass is 15.7. The molecule has 0 aliphatic carbocycles. The van der Waals surface area contributed by atoms with E-state index in [1.165, 1.54) is 89.9 Å². The minimum Gasteiger partial charge on any atom is -0.310 e. The lowest BCUT2D eigenvalue weighted by atomic mass is 9.95. The zero-order valence-corrected chi connectivity index (χ0v) is 16.0. The van der Waals surface area contributed by atoms with Gasteiger partial charge in [0.1, 0.15) is 0 Å². The molecule has 0 aromatic carbocycles. The van der Waals surface area contributed by atoms with Crippen LogP contribution in [0.3, 0.4) is 0 Å². The molecular formula is C20H41N3. The molecule has 0 saturated carbocycles. The Morgan fingerprint density at radius 2 is 1.22 bits per heavy atom. The molecule has 0 unspecified atom stereocenters. The van der Waals surface area contributed by atoms with E-state index in [4.69, 9.17) is 0 Å². The maximum Gasteiger partial charge on any atom is 0.0519 e. The third-order valence-electron chi connectivity index (χ3n) is 5.04. The van der Waals surface area contributed by atoms with E-state index in [2.05, 4.69) is 42.9 Å². The summed E-state index contributed by atoms with van der Waals surface area (Å²) in [5.74, 6) is 0. The lowest BCUT2D eigenvalue weighted by Crippen LogP contribution is -2.49. The van der Waals surface area contributed by atoms with Crippen molar-refractivity contribution in [3.63, 3.8) is 0 Å². The van der Waals surface area contributed by atoms with Crippen molar-refractivity contribution in [2.45, 2.75) is 116 Å². The van der Waals surface area contributed by atoms with Crippen LogP contribution in [-0.4, -0.2) is 10.5 Å². The van der Waals surface area contributed by atoms with Gasteiger partial charge in [0.2, 0.25) is 0 Å². The Hall–Kier alpha value is -0.700. The van der Waals surface area contributed by atoms with Crippen LogP contribution in [0.2, 0.25) is 0 Å². The van der Waals surface area contributed by atoms with Crippen molar-refractivity contribution in [1.82, 2.24) is 16.0 Å². The molecule has 0 fully saturated rings. The summed E-state index contributed by atoms with van der Waals surface area (Å²) in [5, 5.41) is 2.17. The van der Waals surface area contributed by atoms with Gasteiger partial charge in [-0.1, -0.05) is 90.4 Å². The number of hydrogen-bond acceptors (Lipinski definition) is 3. The Kier molecular flexibility index (Phi) is 11.2. The molecule has 23 heavy (non-hydrogen) atoms.